The summed E-state index contributed by atoms with van der Waals surface area (Å²) >= 11 is 0. The first-order chi connectivity index (χ1) is 13.7. The summed E-state index contributed by atoms with van der Waals surface area (Å²) in [6.07, 6.45) is 5.19. The molecule has 0 aliphatic carbocycles. The molecule has 5 rings (SSSR count). The van der Waals surface area contributed by atoms with E-state index in [4.69, 9.17) is 9.61 Å². The van der Waals surface area contributed by atoms with E-state index >= 15 is 0 Å². The number of likely N-dealkylation sites (tertiary alicyclic amines) is 1. The summed E-state index contributed by atoms with van der Waals surface area (Å²) in [4.78, 5) is 13.4. The first-order valence-corrected chi connectivity index (χ1v) is 10.4. The summed E-state index contributed by atoms with van der Waals surface area (Å²) in [6, 6.07) is 6.12. The van der Waals surface area contributed by atoms with E-state index in [1.807, 2.05) is 18.5 Å². The number of rotatable bonds is 4. The Bertz CT molecular complexity index is 953. The number of imidazole rings is 1. The SMILES string of the molecule is CC(C)CN1CCc2[nH]cnc2C12CCN(Cc1cccc3nonc13)CC2. The maximum absolute atomic E-state index is 4.93. The quantitative estimate of drug-likeness (QED) is 0.750. The van der Waals surface area contributed by atoms with Crippen LogP contribution in [0.5, 0.6) is 0 Å². The lowest BCUT2D eigenvalue weighted by Crippen LogP contribution is -2.57. The molecule has 1 fully saturated rings. The molecule has 0 unspecified atom stereocenters. The lowest BCUT2D eigenvalue weighted by atomic mass is 9.78. The lowest BCUT2D eigenvalue weighted by molar-refractivity contribution is -0.00348. The van der Waals surface area contributed by atoms with Crippen LogP contribution in [0.1, 0.15) is 43.6 Å². The highest BCUT2D eigenvalue weighted by Gasteiger charge is 2.46. The van der Waals surface area contributed by atoms with E-state index in [1.165, 1.54) is 17.0 Å². The number of nitrogens with zero attached hydrogens (tertiary/aromatic N) is 5. The van der Waals surface area contributed by atoms with Crippen LogP contribution in [0.2, 0.25) is 0 Å². The Hall–Kier alpha value is -2.25. The maximum Gasteiger partial charge on any atom is 0.139 e. The van der Waals surface area contributed by atoms with Crippen LogP contribution in [-0.4, -0.2) is 56.3 Å². The summed E-state index contributed by atoms with van der Waals surface area (Å²) in [5.74, 6) is 0.660. The summed E-state index contributed by atoms with van der Waals surface area (Å²) in [5, 5.41) is 8.07. The number of nitrogens with one attached hydrogen (secondary N) is 1. The van der Waals surface area contributed by atoms with Gasteiger partial charge in [0, 0.05) is 44.8 Å². The van der Waals surface area contributed by atoms with Gasteiger partial charge in [0.05, 0.1) is 17.6 Å². The molecular formula is C21H28N6O. The molecule has 0 amide bonds. The Morgan fingerprint density at radius 3 is 2.86 bits per heavy atom. The molecule has 3 aromatic rings. The molecule has 2 aliphatic rings. The number of piperidine rings is 1. The molecular weight excluding hydrogens is 352 g/mol. The van der Waals surface area contributed by atoms with E-state index in [1.54, 1.807) is 0 Å². The minimum atomic E-state index is 0.0792. The van der Waals surface area contributed by atoms with Crippen molar-refractivity contribution >= 4 is 11.0 Å². The summed E-state index contributed by atoms with van der Waals surface area (Å²) < 4.78 is 4.93. The van der Waals surface area contributed by atoms with Crippen molar-refractivity contribution in [1.29, 1.82) is 0 Å². The third-order valence-electron chi connectivity index (χ3n) is 6.43. The molecule has 1 saturated heterocycles. The average molecular weight is 380 g/mol. The van der Waals surface area contributed by atoms with Crippen LogP contribution >= 0.6 is 0 Å². The maximum atomic E-state index is 4.93. The molecule has 28 heavy (non-hydrogen) atoms. The Morgan fingerprint density at radius 2 is 2.04 bits per heavy atom. The minimum absolute atomic E-state index is 0.0792. The molecule has 7 nitrogen and oxygen atoms in total. The van der Waals surface area contributed by atoms with Gasteiger partial charge in [-0.15, -0.1) is 0 Å². The predicted molar refractivity (Wildman–Crippen MR) is 107 cm³/mol. The van der Waals surface area contributed by atoms with Crippen molar-refractivity contribution in [1.82, 2.24) is 30.1 Å². The van der Waals surface area contributed by atoms with E-state index in [2.05, 4.69) is 45.0 Å². The normalized spacial score (nSPS) is 20.2. The van der Waals surface area contributed by atoms with Gasteiger partial charge in [-0.3, -0.25) is 9.80 Å². The molecule has 0 saturated carbocycles. The van der Waals surface area contributed by atoms with Gasteiger partial charge in [0.25, 0.3) is 0 Å². The fourth-order valence-electron chi connectivity index (χ4n) is 5.09. The standard InChI is InChI=1S/C21H28N6O/c1-15(2)12-27-9-6-18-20(23-14-22-18)21(27)7-10-26(11-8-21)13-16-4-3-5-17-19(16)25-28-24-17/h3-5,14-15H,6-13H2,1-2H3,(H,22,23). The number of fused-ring (bicyclic) bond motifs is 3. The van der Waals surface area contributed by atoms with E-state index < -0.39 is 0 Å². The Morgan fingerprint density at radius 1 is 1.18 bits per heavy atom. The van der Waals surface area contributed by atoms with Gasteiger partial charge in [-0.25, -0.2) is 9.61 Å². The smallest absolute Gasteiger partial charge is 0.139 e. The number of hydrogen-bond donors (Lipinski definition) is 1. The van der Waals surface area contributed by atoms with Crippen molar-refractivity contribution in [2.75, 3.05) is 26.2 Å². The molecule has 0 bridgehead atoms. The molecule has 0 atom stereocenters. The third kappa shape index (κ3) is 2.93. The van der Waals surface area contributed by atoms with Crippen molar-refractivity contribution in [3.63, 3.8) is 0 Å². The first-order valence-electron chi connectivity index (χ1n) is 10.4. The Labute approximate surface area is 165 Å². The molecule has 2 aromatic heterocycles. The Balaban J connectivity index is 1.37. The van der Waals surface area contributed by atoms with Gasteiger partial charge < -0.3 is 4.98 Å². The molecule has 1 aromatic carbocycles. The summed E-state index contributed by atoms with van der Waals surface area (Å²) in [6.45, 7) is 9.89. The van der Waals surface area contributed by atoms with Crippen molar-refractivity contribution < 1.29 is 4.63 Å². The van der Waals surface area contributed by atoms with Crippen LogP contribution in [0.25, 0.3) is 11.0 Å². The van der Waals surface area contributed by atoms with Crippen LogP contribution in [0.4, 0.5) is 0 Å². The summed E-state index contributed by atoms with van der Waals surface area (Å²) in [7, 11) is 0. The second-order valence-electron chi connectivity index (χ2n) is 8.68. The largest absolute Gasteiger partial charge is 0.348 e. The molecule has 1 spiro atoms. The minimum Gasteiger partial charge on any atom is -0.348 e. The highest BCUT2D eigenvalue weighted by molar-refractivity contribution is 5.76. The van der Waals surface area contributed by atoms with E-state index in [0.29, 0.717) is 5.92 Å². The van der Waals surface area contributed by atoms with Crippen LogP contribution in [0.3, 0.4) is 0 Å². The molecule has 7 heteroatoms. The van der Waals surface area contributed by atoms with Crippen molar-refractivity contribution in [2.24, 2.45) is 5.92 Å². The fraction of sp³-hybridized carbons (Fsp3) is 0.571. The summed E-state index contributed by atoms with van der Waals surface area (Å²) in [5.41, 5.74) is 5.63. The van der Waals surface area contributed by atoms with Crippen LogP contribution < -0.4 is 0 Å². The highest BCUT2D eigenvalue weighted by atomic mass is 16.6. The monoisotopic (exact) mass is 380 g/mol. The van der Waals surface area contributed by atoms with Gasteiger partial charge in [0.15, 0.2) is 0 Å². The molecule has 4 heterocycles. The zero-order valence-electron chi connectivity index (χ0n) is 16.7. The molecule has 2 aliphatic heterocycles. The van der Waals surface area contributed by atoms with Gasteiger partial charge in [-0.1, -0.05) is 26.0 Å². The van der Waals surface area contributed by atoms with Crippen LogP contribution in [0.15, 0.2) is 29.2 Å². The fourth-order valence-corrected chi connectivity index (χ4v) is 5.09. The van der Waals surface area contributed by atoms with E-state index in [0.717, 1.165) is 63.0 Å². The number of H-pyrrole nitrogens is 1. The van der Waals surface area contributed by atoms with Crippen molar-refractivity contribution in [2.45, 2.75) is 45.2 Å². The number of benzene rings is 1. The predicted octanol–water partition coefficient (Wildman–Crippen LogP) is 2.95. The third-order valence-corrected chi connectivity index (χ3v) is 6.43. The number of aromatic amines is 1. The Kier molecular flexibility index (Phi) is 4.44. The van der Waals surface area contributed by atoms with E-state index in [9.17, 15) is 0 Å². The van der Waals surface area contributed by atoms with Crippen LogP contribution in [0, 0.1) is 5.92 Å². The van der Waals surface area contributed by atoms with Gasteiger partial charge in [0.2, 0.25) is 0 Å². The van der Waals surface area contributed by atoms with Gasteiger partial charge in [-0.05, 0) is 40.7 Å². The second-order valence-corrected chi connectivity index (χ2v) is 8.68. The average Bonchev–Trinajstić information content (AvgIpc) is 3.36. The van der Waals surface area contributed by atoms with Gasteiger partial charge in [0.1, 0.15) is 11.0 Å². The van der Waals surface area contributed by atoms with Crippen LogP contribution in [-0.2, 0) is 18.5 Å². The number of aromatic nitrogens is 4. The van der Waals surface area contributed by atoms with Gasteiger partial charge >= 0.3 is 0 Å². The highest BCUT2D eigenvalue weighted by Crippen LogP contribution is 2.42. The zero-order chi connectivity index (χ0) is 19.1. The van der Waals surface area contributed by atoms with Crippen molar-refractivity contribution in [3.8, 4) is 0 Å². The zero-order valence-corrected chi connectivity index (χ0v) is 16.7. The molecule has 1 N–H and O–H groups in total. The number of hydrogen-bond acceptors (Lipinski definition) is 6. The van der Waals surface area contributed by atoms with Crippen molar-refractivity contribution in [3.05, 3.63) is 41.5 Å². The lowest BCUT2D eigenvalue weighted by Gasteiger charge is -2.51. The first kappa shape index (κ1) is 17.8. The second kappa shape index (κ2) is 6.97. The topological polar surface area (TPSA) is 74.1 Å². The molecule has 148 valence electrons. The van der Waals surface area contributed by atoms with Gasteiger partial charge in [-0.2, -0.15) is 0 Å². The van der Waals surface area contributed by atoms with E-state index in [-0.39, 0.29) is 5.54 Å². The molecule has 0 radical (unpaired) electrons.